The van der Waals surface area contributed by atoms with Gasteiger partial charge >= 0.3 is 0 Å². The topological polar surface area (TPSA) is 70.2 Å². The number of hydrogen-bond acceptors (Lipinski definition) is 3. The number of amides is 2. The Morgan fingerprint density at radius 1 is 1.22 bits per heavy atom. The maximum atomic E-state index is 15.1. The number of anilines is 1. The van der Waals surface area contributed by atoms with E-state index in [1.165, 1.54) is 0 Å². The van der Waals surface area contributed by atoms with Crippen molar-refractivity contribution in [2.24, 2.45) is 5.92 Å². The molecule has 27 heavy (non-hydrogen) atoms. The van der Waals surface area contributed by atoms with Crippen LogP contribution in [0.5, 0.6) is 0 Å². The highest BCUT2D eigenvalue weighted by atomic mass is 79.9. The molecule has 2 saturated heterocycles. The minimum Gasteiger partial charge on any atom is -0.354 e. The molecule has 1 spiro atoms. The average molecular weight is 451 g/mol. The molecule has 2 aromatic carbocycles. The molecule has 138 valence electrons. The highest BCUT2D eigenvalue weighted by molar-refractivity contribution is 9.10. The van der Waals surface area contributed by atoms with Gasteiger partial charge in [0.1, 0.15) is 11.4 Å². The molecule has 5 nitrogen and oxygen atoms in total. The summed E-state index contributed by atoms with van der Waals surface area (Å²) in [7, 11) is 0. The fourth-order valence-corrected chi connectivity index (χ4v) is 5.31. The number of carbonyl (C=O) groups excluding carboxylic acids is 2. The van der Waals surface area contributed by atoms with E-state index in [-0.39, 0.29) is 17.9 Å². The van der Waals surface area contributed by atoms with Gasteiger partial charge in [-0.15, -0.1) is 0 Å². The molecule has 8 heteroatoms. The van der Waals surface area contributed by atoms with Crippen LogP contribution in [0.3, 0.4) is 0 Å². The molecule has 2 fully saturated rings. The Labute approximate surface area is 167 Å². The molecule has 3 aliphatic rings. The van der Waals surface area contributed by atoms with Crippen molar-refractivity contribution in [3.63, 3.8) is 0 Å². The largest absolute Gasteiger partial charge is 0.354 e. The number of nitrogens with one attached hydrogen (secondary N) is 3. The van der Waals surface area contributed by atoms with Crippen molar-refractivity contribution < 1.29 is 14.0 Å². The van der Waals surface area contributed by atoms with Crippen molar-refractivity contribution in [2.75, 3.05) is 11.9 Å². The molecule has 0 saturated carbocycles. The van der Waals surface area contributed by atoms with Crippen LogP contribution in [-0.2, 0) is 15.1 Å². The zero-order chi connectivity index (χ0) is 18.9. The van der Waals surface area contributed by atoms with Gasteiger partial charge < -0.3 is 10.6 Å². The van der Waals surface area contributed by atoms with Gasteiger partial charge in [-0.2, -0.15) is 0 Å². The first-order valence-electron chi connectivity index (χ1n) is 8.54. The number of carbonyl (C=O) groups is 2. The first-order valence-corrected chi connectivity index (χ1v) is 9.71. The fourth-order valence-electron chi connectivity index (χ4n) is 4.76. The lowest BCUT2D eigenvalue weighted by atomic mass is 9.71. The SMILES string of the molecule is O=C1NC[C@@H]2N[C@@]3(C(=O)Nc4cc(Cl)ccc43)[C@@H](c3cccc(Br)c3F)[C@H]12. The summed E-state index contributed by atoms with van der Waals surface area (Å²) in [5, 5.41) is 9.53. The third-order valence-corrected chi connectivity index (χ3v) is 6.65. The van der Waals surface area contributed by atoms with Crippen LogP contribution in [-0.4, -0.2) is 24.4 Å². The Balaban J connectivity index is 1.78. The number of fused-ring (bicyclic) bond motifs is 3. The second-order valence-corrected chi connectivity index (χ2v) is 8.39. The van der Waals surface area contributed by atoms with E-state index in [4.69, 9.17) is 11.6 Å². The molecule has 2 aromatic rings. The van der Waals surface area contributed by atoms with Gasteiger partial charge in [-0.3, -0.25) is 14.9 Å². The fraction of sp³-hybridized carbons (Fsp3) is 0.263. The molecule has 3 N–H and O–H groups in total. The molecule has 0 aromatic heterocycles. The van der Waals surface area contributed by atoms with Crippen LogP contribution in [0.2, 0.25) is 5.02 Å². The summed E-state index contributed by atoms with van der Waals surface area (Å²) in [6.07, 6.45) is 0. The minimum atomic E-state index is -1.23. The van der Waals surface area contributed by atoms with Crippen LogP contribution in [0.25, 0.3) is 0 Å². The first-order chi connectivity index (χ1) is 12.9. The molecule has 3 heterocycles. The van der Waals surface area contributed by atoms with Crippen LogP contribution in [0.15, 0.2) is 40.9 Å². The van der Waals surface area contributed by atoms with Gasteiger partial charge in [0, 0.05) is 34.8 Å². The summed E-state index contributed by atoms with van der Waals surface area (Å²) in [6.45, 7) is 0.396. The standard InChI is InChI=1S/C19H14BrClFN3O2/c20-11-3-1-2-9(16(11)22)15-14-13(7-23-17(14)26)25-19(15)10-5-4-8(21)6-12(10)24-18(19)27/h1-6,13-15,25H,7H2,(H,23,26)(H,24,27)/t13-,14+,15-,19+/m0/s1. The third-order valence-electron chi connectivity index (χ3n) is 5.80. The predicted octanol–water partition coefficient (Wildman–Crippen LogP) is 2.89. The Bertz CT molecular complexity index is 1020. The van der Waals surface area contributed by atoms with Gasteiger partial charge in [0.2, 0.25) is 11.8 Å². The van der Waals surface area contributed by atoms with Gasteiger partial charge in [-0.05, 0) is 39.7 Å². The normalized spacial score (nSPS) is 31.0. The van der Waals surface area contributed by atoms with E-state index < -0.39 is 23.2 Å². The first kappa shape index (κ1) is 17.2. The summed E-state index contributed by atoms with van der Waals surface area (Å²) < 4.78 is 15.4. The van der Waals surface area contributed by atoms with E-state index in [0.29, 0.717) is 32.9 Å². The van der Waals surface area contributed by atoms with Crippen molar-refractivity contribution >= 4 is 45.0 Å². The highest BCUT2D eigenvalue weighted by Gasteiger charge is 2.65. The van der Waals surface area contributed by atoms with Gasteiger partial charge in [-0.25, -0.2) is 4.39 Å². The predicted molar refractivity (Wildman–Crippen MR) is 102 cm³/mol. The zero-order valence-electron chi connectivity index (χ0n) is 13.9. The molecule has 2 amide bonds. The summed E-state index contributed by atoms with van der Waals surface area (Å²) in [4.78, 5) is 25.8. The molecular weight excluding hydrogens is 437 g/mol. The molecule has 5 rings (SSSR count). The maximum Gasteiger partial charge on any atom is 0.250 e. The summed E-state index contributed by atoms with van der Waals surface area (Å²) in [5.41, 5.74) is 0.373. The summed E-state index contributed by atoms with van der Waals surface area (Å²) in [5.74, 6) is -2.18. The van der Waals surface area contributed by atoms with Crippen LogP contribution in [0, 0.1) is 11.7 Å². The number of benzene rings is 2. The van der Waals surface area contributed by atoms with Crippen LogP contribution >= 0.6 is 27.5 Å². The Morgan fingerprint density at radius 2 is 2.04 bits per heavy atom. The van der Waals surface area contributed by atoms with Crippen LogP contribution in [0.1, 0.15) is 17.0 Å². The van der Waals surface area contributed by atoms with Gasteiger partial charge in [0.15, 0.2) is 0 Å². The Morgan fingerprint density at radius 3 is 2.85 bits per heavy atom. The van der Waals surface area contributed by atoms with Crippen molar-refractivity contribution in [1.82, 2.24) is 10.6 Å². The number of hydrogen-bond donors (Lipinski definition) is 3. The van der Waals surface area contributed by atoms with Gasteiger partial charge in [-0.1, -0.05) is 29.8 Å². The maximum absolute atomic E-state index is 15.1. The van der Waals surface area contributed by atoms with E-state index in [2.05, 4.69) is 31.9 Å². The van der Waals surface area contributed by atoms with E-state index in [1.807, 2.05) is 0 Å². The van der Waals surface area contributed by atoms with Crippen LogP contribution < -0.4 is 16.0 Å². The lowest BCUT2D eigenvalue weighted by Crippen LogP contribution is -2.50. The van der Waals surface area contributed by atoms with Crippen LogP contribution in [0.4, 0.5) is 10.1 Å². The van der Waals surface area contributed by atoms with E-state index in [9.17, 15) is 9.59 Å². The molecule has 0 aliphatic carbocycles. The third kappa shape index (κ3) is 2.19. The second-order valence-electron chi connectivity index (χ2n) is 7.09. The van der Waals surface area contributed by atoms with E-state index in [1.54, 1.807) is 36.4 Å². The van der Waals surface area contributed by atoms with Crippen molar-refractivity contribution in [3.05, 3.63) is 62.8 Å². The molecule has 0 unspecified atom stereocenters. The van der Waals surface area contributed by atoms with Crippen molar-refractivity contribution in [2.45, 2.75) is 17.5 Å². The van der Waals surface area contributed by atoms with E-state index >= 15 is 4.39 Å². The molecule has 0 bridgehead atoms. The summed E-state index contributed by atoms with van der Waals surface area (Å²) >= 11 is 9.30. The number of halogens is 3. The quantitative estimate of drug-likeness (QED) is 0.626. The molecule has 0 radical (unpaired) electrons. The summed E-state index contributed by atoms with van der Waals surface area (Å²) in [6, 6.07) is 9.83. The number of rotatable bonds is 1. The molecular formula is C19H14BrClFN3O2. The monoisotopic (exact) mass is 449 g/mol. The Kier molecular flexibility index (Phi) is 3.67. The molecule has 3 aliphatic heterocycles. The van der Waals surface area contributed by atoms with E-state index in [0.717, 1.165) is 0 Å². The smallest absolute Gasteiger partial charge is 0.250 e. The zero-order valence-corrected chi connectivity index (χ0v) is 16.2. The molecule has 4 atom stereocenters. The second kappa shape index (κ2) is 5.77. The lowest BCUT2D eigenvalue weighted by molar-refractivity contribution is -0.124. The van der Waals surface area contributed by atoms with Gasteiger partial charge in [0.05, 0.1) is 10.4 Å². The minimum absolute atomic E-state index is 0.177. The lowest BCUT2D eigenvalue weighted by Gasteiger charge is -2.32. The van der Waals surface area contributed by atoms with Crippen molar-refractivity contribution in [3.8, 4) is 0 Å². The highest BCUT2D eigenvalue weighted by Crippen LogP contribution is 2.55. The van der Waals surface area contributed by atoms with Gasteiger partial charge in [0.25, 0.3) is 0 Å². The Hall–Kier alpha value is -1.96. The average Bonchev–Trinajstić information content (AvgIpc) is 3.24. The van der Waals surface area contributed by atoms with Crippen molar-refractivity contribution in [1.29, 1.82) is 0 Å².